The van der Waals surface area contributed by atoms with Gasteiger partial charge in [-0.05, 0) is 13.8 Å². The molecule has 0 aliphatic carbocycles. The van der Waals surface area contributed by atoms with Gasteiger partial charge in [-0.15, -0.1) is 11.3 Å². The van der Waals surface area contributed by atoms with Crippen LogP contribution in [-0.2, 0) is 16.1 Å². The maximum Gasteiger partial charge on any atom is 0.249 e. The summed E-state index contributed by atoms with van der Waals surface area (Å²) in [6.45, 7) is 4.18. The molecule has 14 heavy (non-hydrogen) atoms. The first-order chi connectivity index (χ1) is 6.63. The number of rotatable bonds is 4. The zero-order chi connectivity index (χ0) is 10.6. The number of thiazole rings is 1. The van der Waals surface area contributed by atoms with E-state index >= 15 is 0 Å². The smallest absolute Gasteiger partial charge is 0.249 e. The van der Waals surface area contributed by atoms with E-state index in [1.165, 1.54) is 7.11 Å². The van der Waals surface area contributed by atoms with Crippen molar-refractivity contribution in [2.24, 2.45) is 0 Å². The van der Waals surface area contributed by atoms with Gasteiger partial charge >= 0.3 is 0 Å². The average molecular weight is 214 g/mol. The lowest BCUT2D eigenvalue weighted by molar-refractivity contribution is -0.130. The number of aryl methyl sites for hydroxylation is 1. The summed E-state index contributed by atoms with van der Waals surface area (Å²) < 4.78 is 4.88. The van der Waals surface area contributed by atoms with Crippen LogP contribution in [0.2, 0.25) is 0 Å². The van der Waals surface area contributed by atoms with Crippen LogP contribution in [0.3, 0.4) is 0 Å². The summed E-state index contributed by atoms with van der Waals surface area (Å²) in [5.41, 5.74) is 0. The summed E-state index contributed by atoms with van der Waals surface area (Å²) in [7, 11) is 1.51. The van der Waals surface area contributed by atoms with Gasteiger partial charge in [-0.1, -0.05) is 0 Å². The Hall–Kier alpha value is -0.940. The Morgan fingerprint density at radius 1 is 1.79 bits per heavy atom. The van der Waals surface area contributed by atoms with Crippen LogP contribution in [0.25, 0.3) is 0 Å². The van der Waals surface area contributed by atoms with Gasteiger partial charge in [0.25, 0.3) is 0 Å². The topological polar surface area (TPSA) is 51.2 Å². The van der Waals surface area contributed by atoms with E-state index in [4.69, 9.17) is 4.74 Å². The van der Waals surface area contributed by atoms with E-state index in [-0.39, 0.29) is 5.91 Å². The highest BCUT2D eigenvalue weighted by Crippen LogP contribution is 2.10. The van der Waals surface area contributed by atoms with E-state index in [1.54, 1.807) is 24.5 Å². The zero-order valence-corrected chi connectivity index (χ0v) is 9.35. The van der Waals surface area contributed by atoms with Gasteiger partial charge in [0.05, 0.1) is 11.6 Å². The Balaban J connectivity index is 2.37. The predicted octanol–water partition coefficient (Wildman–Crippen LogP) is 1.10. The van der Waals surface area contributed by atoms with Crippen LogP contribution in [0.1, 0.15) is 16.8 Å². The number of nitrogens with zero attached hydrogens (tertiary/aromatic N) is 1. The van der Waals surface area contributed by atoms with E-state index < -0.39 is 6.10 Å². The van der Waals surface area contributed by atoms with Crippen molar-refractivity contribution in [3.05, 3.63) is 16.1 Å². The monoisotopic (exact) mass is 214 g/mol. The number of methoxy groups -OCH3 is 1. The lowest BCUT2D eigenvalue weighted by Crippen LogP contribution is -2.33. The lowest BCUT2D eigenvalue weighted by atomic mass is 10.4. The molecule has 1 heterocycles. The lowest BCUT2D eigenvalue weighted by Gasteiger charge is -2.08. The number of amides is 1. The van der Waals surface area contributed by atoms with Crippen LogP contribution in [0.5, 0.6) is 0 Å². The summed E-state index contributed by atoms with van der Waals surface area (Å²) >= 11 is 1.58. The van der Waals surface area contributed by atoms with Gasteiger partial charge < -0.3 is 10.1 Å². The molecule has 0 aliphatic heterocycles. The molecule has 1 rings (SSSR count). The Morgan fingerprint density at radius 2 is 2.50 bits per heavy atom. The second-order valence-electron chi connectivity index (χ2n) is 2.94. The van der Waals surface area contributed by atoms with Gasteiger partial charge in [-0.25, -0.2) is 4.98 Å². The molecule has 1 aromatic rings. The summed E-state index contributed by atoms with van der Waals surface area (Å²) in [6.07, 6.45) is 1.38. The fourth-order valence-electron chi connectivity index (χ4n) is 0.912. The molecule has 1 amide bonds. The van der Waals surface area contributed by atoms with E-state index in [9.17, 15) is 4.79 Å². The molecule has 5 heteroatoms. The highest BCUT2D eigenvalue weighted by Gasteiger charge is 2.10. The molecule has 0 aliphatic rings. The molecule has 1 atom stereocenters. The van der Waals surface area contributed by atoms with Gasteiger partial charge in [0.1, 0.15) is 6.10 Å². The van der Waals surface area contributed by atoms with Gasteiger partial charge in [-0.2, -0.15) is 0 Å². The minimum Gasteiger partial charge on any atom is -0.372 e. The molecule has 1 aromatic heterocycles. The number of aromatic nitrogens is 1. The zero-order valence-electron chi connectivity index (χ0n) is 8.53. The highest BCUT2D eigenvalue weighted by molar-refractivity contribution is 7.11. The van der Waals surface area contributed by atoms with Crippen LogP contribution in [0.15, 0.2) is 6.20 Å². The van der Waals surface area contributed by atoms with Crippen molar-refractivity contribution in [3.8, 4) is 0 Å². The van der Waals surface area contributed by atoms with Crippen LogP contribution >= 0.6 is 11.3 Å². The fraction of sp³-hybridized carbons (Fsp3) is 0.556. The number of hydrogen-bond acceptors (Lipinski definition) is 4. The molecule has 0 fully saturated rings. The van der Waals surface area contributed by atoms with Crippen LogP contribution < -0.4 is 5.32 Å². The van der Waals surface area contributed by atoms with Crippen LogP contribution in [-0.4, -0.2) is 24.1 Å². The molecule has 0 saturated heterocycles. The molecular formula is C9H14N2O2S. The van der Waals surface area contributed by atoms with Crippen molar-refractivity contribution in [2.75, 3.05) is 7.11 Å². The number of ether oxygens (including phenoxy) is 1. The molecule has 0 radical (unpaired) electrons. The normalized spacial score (nSPS) is 12.5. The molecule has 0 unspecified atom stereocenters. The standard InChI is InChI=1S/C9H14N2O2S/c1-6(13-3)9(12)11-5-8-4-10-7(2)14-8/h4,6H,5H2,1-3H3,(H,11,12)/t6-/m1/s1. The summed E-state index contributed by atoms with van der Waals surface area (Å²) in [5.74, 6) is -0.0986. The second-order valence-corrected chi connectivity index (χ2v) is 4.26. The quantitative estimate of drug-likeness (QED) is 0.816. The number of carbonyl (C=O) groups excluding carboxylic acids is 1. The predicted molar refractivity (Wildman–Crippen MR) is 55.2 cm³/mol. The molecule has 1 N–H and O–H groups in total. The van der Waals surface area contributed by atoms with Crippen LogP contribution in [0, 0.1) is 6.92 Å². The third-order valence-electron chi connectivity index (χ3n) is 1.83. The Bertz CT molecular complexity index is 312. The van der Waals surface area contributed by atoms with Gasteiger partial charge in [0, 0.05) is 18.2 Å². The molecule has 0 saturated carbocycles. The number of nitrogens with one attached hydrogen (secondary N) is 1. The number of carbonyl (C=O) groups is 1. The molecule has 4 nitrogen and oxygen atoms in total. The molecule has 0 spiro atoms. The minimum absolute atomic E-state index is 0.0986. The van der Waals surface area contributed by atoms with Crippen molar-refractivity contribution in [1.29, 1.82) is 0 Å². The third-order valence-corrected chi connectivity index (χ3v) is 2.74. The minimum atomic E-state index is -0.399. The Labute approximate surface area is 87.3 Å². The van der Waals surface area contributed by atoms with Crippen molar-refractivity contribution in [1.82, 2.24) is 10.3 Å². The first-order valence-electron chi connectivity index (χ1n) is 4.35. The van der Waals surface area contributed by atoms with Crippen molar-refractivity contribution in [2.45, 2.75) is 26.5 Å². The number of hydrogen-bond donors (Lipinski definition) is 1. The van der Waals surface area contributed by atoms with Crippen molar-refractivity contribution >= 4 is 17.2 Å². The molecule has 78 valence electrons. The van der Waals surface area contributed by atoms with Crippen molar-refractivity contribution in [3.63, 3.8) is 0 Å². The van der Waals surface area contributed by atoms with Gasteiger partial charge in [0.2, 0.25) is 5.91 Å². The van der Waals surface area contributed by atoms with Crippen molar-refractivity contribution < 1.29 is 9.53 Å². The fourth-order valence-corrected chi connectivity index (χ4v) is 1.65. The second kappa shape index (κ2) is 5.07. The third kappa shape index (κ3) is 3.08. The Kier molecular flexibility index (Phi) is 4.03. The van der Waals surface area contributed by atoms with E-state index in [0.717, 1.165) is 9.88 Å². The molecular weight excluding hydrogens is 200 g/mol. The highest BCUT2D eigenvalue weighted by atomic mass is 32.1. The van der Waals surface area contributed by atoms with E-state index in [2.05, 4.69) is 10.3 Å². The average Bonchev–Trinajstić information content (AvgIpc) is 2.59. The molecule has 0 bridgehead atoms. The summed E-state index contributed by atoms with van der Waals surface area (Å²) in [5, 5.41) is 3.78. The first kappa shape index (κ1) is 11.1. The summed E-state index contributed by atoms with van der Waals surface area (Å²) in [4.78, 5) is 16.5. The van der Waals surface area contributed by atoms with E-state index in [0.29, 0.717) is 6.54 Å². The van der Waals surface area contributed by atoms with Gasteiger partial charge in [0.15, 0.2) is 0 Å². The first-order valence-corrected chi connectivity index (χ1v) is 5.17. The largest absolute Gasteiger partial charge is 0.372 e. The van der Waals surface area contributed by atoms with Gasteiger partial charge in [-0.3, -0.25) is 4.79 Å². The maximum atomic E-state index is 11.3. The summed E-state index contributed by atoms with van der Waals surface area (Å²) in [6, 6.07) is 0. The Morgan fingerprint density at radius 3 is 3.00 bits per heavy atom. The maximum absolute atomic E-state index is 11.3. The SMILES string of the molecule is CO[C@H](C)C(=O)NCc1cnc(C)s1. The molecule has 0 aromatic carbocycles. The van der Waals surface area contributed by atoms with E-state index in [1.807, 2.05) is 6.92 Å². The van der Waals surface area contributed by atoms with Crippen LogP contribution in [0.4, 0.5) is 0 Å².